The molecule has 0 spiro atoms. The van der Waals surface area contributed by atoms with Gasteiger partial charge in [0.2, 0.25) is 0 Å². The standard InChI is InChI=1S/C14H17N5O2/c1-2-21-14(20)10-4-3-5-11(8-10)15-9-13-16-17-18-19(13)12-6-7-12/h3-5,8,12,15H,2,6-7,9H2,1H3. The van der Waals surface area contributed by atoms with E-state index in [4.69, 9.17) is 4.74 Å². The van der Waals surface area contributed by atoms with Crippen molar-refractivity contribution in [2.24, 2.45) is 0 Å². The summed E-state index contributed by atoms with van der Waals surface area (Å²) in [4.78, 5) is 11.7. The Kier molecular flexibility index (Phi) is 3.81. The number of nitrogens with zero attached hydrogens (tertiary/aromatic N) is 4. The van der Waals surface area contributed by atoms with Gasteiger partial charge < -0.3 is 10.1 Å². The molecule has 0 atom stereocenters. The van der Waals surface area contributed by atoms with E-state index in [1.54, 1.807) is 19.1 Å². The number of aromatic nitrogens is 4. The lowest BCUT2D eigenvalue weighted by Gasteiger charge is -2.08. The second-order valence-electron chi connectivity index (χ2n) is 4.93. The van der Waals surface area contributed by atoms with Crippen molar-refractivity contribution in [3.8, 4) is 0 Å². The van der Waals surface area contributed by atoms with E-state index in [1.807, 2.05) is 16.8 Å². The number of rotatable bonds is 6. The summed E-state index contributed by atoms with van der Waals surface area (Å²) in [5, 5.41) is 15.0. The van der Waals surface area contributed by atoms with Crippen molar-refractivity contribution < 1.29 is 9.53 Å². The third kappa shape index (κ3) is 3.18. The molecule has 21 heavy (non-hydrogen) atoms. The second-order valence-corrected chi connectivity index (χ2v) is 4.93. The van der Waals surface area contributed by atoms with Crippen LogP contribution in [0, 0.1) is 0 Å². The van der Waals surface area contributed by atoms with Gasteiger partial charge in [-0.15, -0.1) is 5.10 Å². The van der Waals surface area contributed by atoms with Crippen LogP contribution >= 0.6 is 0 Å². The zero-order valence-electron chi connectivity index (χ0n) is 11.8. The lowest BCUT2D eigenvalue weighted by atomic mass is 10.2. The number of nitrogens with one attached hydrogen (secondary N) is 1. The SMILES string of the molecule is CCOC(=O)c1cccc(NCc2nnnn2C2CC2)c1. The van der Waals surface area contributed by atoms with E-state index in [0.717, 1.165) is 24.4 Å². The molecule has 1 N–H and O–H groups in total. The Balaban J connectivity index is 1.66. The summed E-state index contributed by atoms with van der Waals surface area (Å²) in [6.45, 7) is 2.68. The van der Waals surface area contributed by atoms with Crippen LogP contribution in [0.1, 0.15) is 42.0 Å². The highest BCUT2D eigenvalue weighted by molar-refractivity contribution is 5.90. The zero-order valence-corrected chi connectivity index (χ0v) is 11.8. The zero-order chi connectivity index (χ0) is 14.7. The van der Waals surface area contributed by atoms with Crippen LogP contribution in [0.2, 0.25) is 0 Å². The first-order valence-corrected chi connectivity index (χ1v) is 7.05. The van der Waals surface area contributed by atoms with Gasteiger partial charge >= 0.3 is 5.97 Å². The van der Waals surface area contributed by atoms with Gasteiger partial charge in [0.1, 0.15) is 0 Å². The molecule has 7 heteroatoms. The highest BCUT2D eigenvalue weighted by atomic mass is 16.5. The number of tetrazole rings is 1. The monoisotopic (exact) mass is 287 g/mol. The van der Waals surface area contributed by atoms with E-state index in [1.165, 1.54) is 0 Å². The van der Waals surface area contributed by atoms with Gasteiger partial charge in [-0.3, -0.25) is 0 Å². The van der Waals surface area contributed by atoms with Crippen molar-refractivity contribution in [2.45, 2.75) is 32.4 Å². The molecule has 0 radical (unpaired) electrons. The quantitative estimate of drug-likeness (QED) is 0.816. The predicted molar refractivity (Wildman–Crippen MR) is 75.8 cm³/mol. The number of hydrogen-bond acceptors (Lipinski definition) is 6. The van der Waals surface area contributed by atoms with Crippen molar-refractivity contribution in [2.75, 3.05) is 11.9 Å². The first-order valence-electron chi connectivity index (χ1n) is 7.05. The summed E-state index contributed by atoms with van der Waals surface area (Å²) < 4.78 is 6.85. The molecule has 1 aromatic heterocycles. The normalized spacial score (nSPS) is 14.0. The molecule has 0 saturated heterocycles. The van der Waals surface area contributed by atoms with Crippen LogP contribution in [0.5, 0.6) is 0 Å². The highest BCUT2D eigenvalue weighted by Gasteiger charge is 2.27. The molecule has 110 valence electrons. The average Bonchev–Trinajstić information content (AvgIpc) is 3.24. The highest BCUT2D eigenvalue weighted by Crippen LogP contribution is 2.34. The smallest absolute Gasteiger partial charge is 0.338 e. The molecule has 1 heterocycles. The lowest BCUT2D eigenvalue weighted by molar-refractivity contribution is 0.0526. The fourth-order valence-corrected chi connectivity index (χ4v) is 2.08. The van der Waals surface area contributed by atoms with Gasteiger partial charge in [0.15, 0.2) is 5.82 Å². The average molecular weight is 287 g/mol. The maximum Gasteiger partial charge on any atom is 0.338 e. The number of ether oxygens (including phenoxy) is 1. The summed E-state index contributed by atoms with van der Waals surface area (Å²) in [5.74, 6) is 0.489. The minimum absolute atomic E-state index is 0.316. The van der Waals surface area contributed by atoms with E-state index < -0.39 is 0 Å². The van der Waals surface area contributed by atoms with Crippen LogP contribution in [0.4, 0.5) is 5.69 Å². The summed E-state index contributed by atoms with van der Waals surface area (Å²) in [6, 6.07) is 7.66. The Hall–Kier alpha value is -2.44. The first-order chi connectivity index (χ1) is 10.3. The number of hydrogen-bond donors (Lipinski definition) is 1. The minimum Gasteiger partial charge on any atom is -0.462 e. The number of benzene rings is 1. The first kappa shape index (κ1) is 13.5. The van der Waals surface area contributed by atoms with E-state index in [0.29, 0.717) is 24.8 Å². The van der Waals surface area contributed by atoms with Crippen LogP contribution in [0.3, 0.4) is 0 Å². The van der Waals surface area contributed by atoms with Crippen LogP contribution in [-0.4, -0.2) is 32.8 Å². The molecule has 0 bridgehead atoms. The fourth-order valence-electron chi connectivity index (χ4n) is 2.08. The Morgan fingerprint density at radius 1 is 1.48 bits per heavy atom. The van der Waals surface area contributed by atoms with E-state index in [-0.39, 0.29) is 5.97 Å². The third-order valence-corrected chi connectivity index (χ3v) is 3.28. The summed E-state index contributed by atoms with van der Waals surface area (Å²) >= 11 is 0. The Labute approximate surface area is 122 Å². The molecule has 1 aromatic carbocycles. The topological polar surface area (TPSA) is 81.9 Å². The number of anilines is 1. The number of esters is 1. The van der Waals surface area contributed by atoms with Crippen LogP contribution in [0.25, 0.3) is 0 Å². The Morgan fingerprint density at radius 3 is 3.10 bits per heavy atom. The molecule has 1 fully saturated rings. The van der Waals surface area contributed by atoms with Gasteiger partial charge in [0.05, 0.1) is 24.8 Å². The molecule has 0 amide bonds. The molecule has 0 unspecified atom stereocenters. The molecule has 7 nitrogen and oxygen atoms in total. The van der Waals surface area contributed by atoms with Crippen LogP contribution in [0.15, 0.2) is 24.3 Å². The van der Waals surface area contributed by atoms with Crippen molar-refractivity contribution in [1.82, 2.24) is 20.2 Å². The summed E-state index contributed by atoms with van der Waals surface area (Å²) in [6.07, 6.45) is 2.27. The minimum atomic E-state index is -0.316. The lowest BCUT2D eigenvalue weighted by Crippen LogP contribution is -2.10. The van der Waals surface area contributed by atoms with Gasteiger partial charge in [-0.05, 0) is 48.4 Å². The third-order valence-electron chi connectivity index (χ3n) is 3.28. The maximum absolute atomic E-state index is 11.7. The van der Waals surface area contributed by atoms with E-state index in [2.05, 4.69) is 20.8 Å². The van der Waals surface area contributed by atoms with Gasteiger partial charge in [-0.25, -0.2) is 9.48 Å². The summed E-state index contributed by atoms with van der Waals surface area (Å²) in [5.41, 5.74) is 1.37. The maximum atomic E-state index is 11.7. The van der Waals surface area contributed by atoms with Gasteiger partial charge in [-0.1, -0.05) is 6.07 Å². The second kappa shape index (κ2) is 5.90. The van der Waals surface area contributed by atoms with Crippen molar-refractivity contribution in [3.05, 3.63) is 35.7 Å². The number of carbonyl (C=O) groups is 1. The molecule has 0 aliphatic heterocycles. The molecular weight excluding hydrogens is 270 g/mol. The molecule has 1 saturated carbocycles. The van der Waals surface area contributed by atoms with Crippen molar-refractivity contribution in [1.29, 1.82) is 0 Å². The van der Waals surface area contributed by atoms with Gasteiger partial charge in [0, 0.05) is 5.69 Å². The van der Waals surface area contributed by atoms with Crippen LogP contribution < -0.4 is 5.32 Å². The van der Waals surface area contributed by atoms with Gasteiger partial charge in [0.25, 0.3) is 0 Å². The van der Waals surface area contributed by atoms with Gasteiger partial charge in [-0.2, -0.15) is 0 Å². The largest absolute Gasteiger partial charge is 0.462 e. The molecular formula is C14H17N5O2. The molecule has 2 aromatic rings. The number of carbonyl (C=O) groups excluding carboxylic acids is 1. The molecule has 1 aliphatic carbocycles. The van der Waals surface area contributed by atoms with E-state index in [9.17, 15) is 4.79 Å². The van der Waals surface area contributed by atoms with Crippen molar-refractivity contribution >= 4 is 11.7 Å². The van der Waals surface area contributed by atoms with Crippen molar-refractivity contribution in [3.63, 3.8) is 0 Å². The predicted octanol–water partition coefficient (Wildman–Crippen LogP) is 1.80. The van der Waals surface area contributed by atoms with Crippen LogP contribution in [-0.2, 0) is 11.3 Å². The molecule has 3 rings (SSSR count). The molecule has 1 aliphatic rings. The van der Waals surface area contributed by atoms with E-state index >= 15 is 0 Å². The Bertz CT molecular complexity index is 636. The summed E-state index contributed by atoms with van der Waals surface area (Å²) in [7, 11) is 0. The fraction of sp³-hybridized carbons (Fsp3) is 0.429. The Morgan fingerprint density at radius 2 is 2.33 bits per heavy atom.